The van der Waals surface area contributed by atoms with Crippen LogP contribution in [0.1, 0.15) is 33.0 Å². The fourth-order valence-electron chi connectivity index (χ4n) is 3.87. The monoisotopic (exact) mass is 442 g/mol. The molecular formula is C21H26N6O3S. The molecule has 0 unspecified atom stereocenters. The minimum atomic E-state index is -3.06. The van der Waals surface area contributed by atoms with Crippen LogP contribution in [0.3, 0.4) is 0 Å². The number of imidazole rings is 2. The van der Waals surface area contributed by atoms with Crippen molar-refractivity contribution in [1.82, 2.24) is 28.7 Å². The van der Waals surface area contributed by atoms with E-state index < -0.39 is 15.4 Å². The zero-order valence-electron chi connectivity index (χ0n) is 18.1. The predicted octanol–water partition coefficient (Wildman–Crippen LogP) is 2.18. The Hall–Kier alpha value is -3.01. The largest absolute Gasteiger partial charge is 0.331 e. The second-order valence-corrected chi connectivity index (χ2v) is 11.0. The lowest BCUT2D eigenvalue weighted by Crippen LogP contribution is -2.35. The van der Waals surface area contributed by atoms with E-state index >= 15 is 0 Å². The van der Waals surface area contributed by atoms with Crippen molar-refractivity contribution in [2.24, 2.45) is 0 Å². The maximum atomic E-state index is 13.4. The summed E-state index contributed by atoms with van der Waals surface area (Å²) in [6.45, 7) is 6.60. The van der Waals surface area contributed by atoms with Gasteiger partial charge < -0.3 is 4.57 Å². The molecule has 10 heteroatoms. The summed E-state index contributed by atoms with van der Waals surface area (Å²) in [4.78, 5) is 26.6. The lowest BCUT2D eigenvalue weighted by molar-refractivity contribution is 0.388. The van der Waals surface area contributed by atoms with Crippen molar-refractivity contribution in [1.29, 1.82) is 0 Å². The quantitative estimate of drug-likeness (QED) is 0.453. The number of hydrogen-bond acceptors (Lipinski definition) is 6. The van der Waals surface area contributed by atoms with Crippen LogP contribution in [-0.2, 0) is 28.5 Å². The predicted molar refractivity (Wildman–Crippen MR) is 120 cm³/mol. The Balaban J connectivity index is 1.83. The van der Waals surface area contributed by atoms with E-state index in [1.165, 1.54) is 12.6 Å². The molecule has 3 heterocycles. The van der Waals surface area contributed by atoms with Gasteiger partial charge in [-0.05, 0) is 39.3 Å². The molecule has 3 aromatic heterocycles. The molecule has 0 aliphatic rings. The molecule has 1 aromatic carbocycles. The lowest BCUT2D eigenvalue weighted by atomic mass is 10.1. The smallest absolute Gasteiger partial charge is 0.326 e. The molecule has 0 amide bonds. The molecule has 4 rings (SSSR count). The van der Waals surface area contributed by atoms with Crippen molar-refractivity contribution in [2.75, 3.05) is 12.0 Å². The fourth-order valence-corrected chi connectivity index (χ4v) is 4.53. The van der Waals surface area contributed by atoms with Crippen molar-refractivity contribution >= 4 is 32.0 Å². The minimum Gasteiger partial charge on any atom is -0.326 e. The molecule has 0 radical (unpaired) electrons. The molecule has 0 fully saturated rings. The topological polar surface area (TPSA) is 105 Å². The molecule has 0 N–H and O–H groups in total. The normalized spacial score (nSPS) is 12.8. The Labute approximate surface area is 180 Å². The summed E-state index contributed by atoms with van der Waals surface area (Å²) in [5.74, 6) is 0.782. The van der Waals surface area contributed by atoms with Gasteiger partial charge in [-0.15, -0.1) is 0 Å². The summed E-state index contributed by atoms with van der Waals surface area (Å²) in [5, 5.41) is 0. The number of aromatic nitrogens is 6. The van der Waals surface area contributed by atoms with Gasteiger partial charge >= 0.3 is 5.69 Å². The third-order valence-corrected chi connectivity index (χ3v) is 6.23. The van der Waals surface area contributed by atoms with Crippen LogP contribution in [0.25, 0.3) is 22.2 Å². The summed E-state index contributed by atoms with van der Waals surface area (Å²) in [7, 11) is -3.06. The van der Waals surface area contributed by atoms with E-state index in [4.69, 9.17) is 4.98 Å². The van der Waals surface area contributed by atoms with Gasteiger partial charge in [0, 0.05) is 18.3 Å². The average Bonchev–Trinajstić information content (AvgIpc) is 3.16. The van der Waals surface area contributed by atoms with Gasteiger partial charge in [-0.25, -0.2) is 28.2 Å². The standard InChI is InChI=1S/C21H26N6O3S/c1-21(2,3)27-19-17(12-22-14-23-19)26(20(27)28)13-18-24-15-8-5-6-9-16(15)25(18)10-7-11-31(4,29)30/h5-6,8-9,12,14H,7,10-11,13H2,1-4H3. The van der Waals surface area contributed by atoms with Crippen LogP contribution in [0.15, 0.2) is 41.6 Å². The van der Waals surface area contributed by atoms with E-state index in [2.05, 4.69) is 9.97 Å². The highest BCUT2D eigenvalue weighted by molar-refractivity contribution is 7.90. The molecular weight excluding hydrogens is 416 g/mol. The Kier molecular flexibility index (Phi) is 5.20. The second-order valence-electron chi connectivity index (χ2n) is 8.76. The van der Waals surface area contributed by atoms with Gasteiger partial charge in [0.25, 0.3) is 0 Å². The summed E-state index contributed by atoms with van der Waals surface area (Å²) < 4.78 is 28.5. The number of rotatable bonds is 6. The maximum Gasteiger partial charge on any atom is 0.331 e. The highest BCUT2D eigenvalue weighted by Gasteiger charge is 2.24. The Morgan fingerprint density at radius 1 is 1.06 bits per heavy atom. The van der Waals surface area contributed by atoms with Gasteiger partial charge in [0.2, 0.25) is 0 Å². The van der Waals surface area contributed by atoms with Crippen LogP contribution in [0, 0.1) is 0 Å². The van der Waals surface area contributed by atoms with Crippen molar-refractivity contribution in [3.05, 3.63) is 53.1 Å². The first-order valence-corrected chi connectivity index (χ1v) is 12.2. The number of benzene rings is 1. The van der Waals surface area contributed by atoms with E-state index in [1.54, 1.807) is 15.3 Å². The average molecular weight is 443 g/mol. The fraction of sp³-hybridized carbons (Fsp3) is 0.429. The number of sulfone groups is 1. The molecule has 0 aliphatic heterocycles. The van der Waals surface area contributed by atoms with E-state index in [1.807, 2.05) is 49.6 Å². The lowest BCUT2D eigenvalue weighted by Gasteiger charge is -2.19. The van der Waals surface area contributed by atoms with Crippen LogP contribution in [0.2, 0.25) is 0 Å². The van der Waals surface area contributed by atoms with Crippen molar-refractivity contribution < 1.29 is 8.42 Å². The molecule has 0 bridgehead atoms. The number of fused-ring (bicyclic) bond motifs is 2. The van der Waals surface area contributed by atoms with Gasteiger partial charge in [-0.1, -0.05) is 12.1 Å². The maximum absolute atomic E-state index is 13.4. The van der Waals surface area contributed by atoms with Crippen LogP contribution < -0.4 is 5.69 Å². The van der Waals surface area contributed by atoms with Crippen LogP contribution in [-0.4, -0.2) is 49.1 Å². The molecule has 0 saturated carbocycles. The van der Waals surface area contributed by atoms with Gasteiger partial charge in [0.15, 0.2) is 5.65 Å². The summed E-state index contributed by atoms with van der Waals surface area (Å²) in [6, 6.07) is 7.70. The molecule has 31 heavy (non-hydrogen) atoms. The van der Waals surface area contributed by atoms with Gasteiger partial charge in [0.05, 0.1) is 29.5 Å². The van der Waals surface area contributed by atoms with Gasteiger partial charge in [-0.3, -0.25) is 9.13 Å². The molecule has 0 aliphatic carbocycles. The Morgan fingerprint density at radius 3 is 2.52 bits per heavy atom. The first kappa shape index (κ1) is 21.2. The van der Waals surface area contributed by atoms with Crippen LogP contribution in [0.5, 0.6) is 0 Å². The Morgan fingerprint density at radius 2 is 1.81 bits per heavy atom. The van der Waals surface area contributed by atoms with Crippen LogP contribution in [0.4, 0.5) is 0 Å². The number of aryl methyl sites for hydroxylation is 1. The Bertz CT molecular complexity index is 1420. The van der Waals surface area contributed by atoms with Crippen molar-refractivity contribution in [3.63, 3.8) is 0 Å². The third-order valence-electron chi connectivity index (χ3n) is 5.20. The molecule has 164 valence electrons. The number of nitrogens with zero attached hydrogens (tertiary/aromatic N) is 6. The highest BCUT2D eigenvalue weighted by Crippen LogP contribution is 2.21. The third kappa shape index (κ3) is 4.12. The van der Waals surface area contributed by atoms with E-state index in [9.17, 15) is 13.2 Å². The summed E-state index contributed by atoms with van der Waals surface area (Å²) in [5.41, 5.74) is 2.29. The van der Waals surface area contributed by atoms with Crippen molar-refractivity contribution in [2.45, 2.75) is 45.8 Å². The summed E-state index contributed by atoms with van der Waals surface area (Å²) >= 11 is 0. The molecule has 4 aromatic rings. The molecule has 0 spiro atoms. The second kappa shape index (κ2) is 7.60. The van der Waals surface area contributed by atoms with Crippen molar-refractivity contribution in [3.8, 4) is 0 Å². The zero-order chi connectivity index (χ0) is 22.4. The number of hydrogen-bond donors (Lipinski definition) is 0. The SMILES string of the molecule is CC(C)(C)n1c(=O)n(Cc2nc3ccccc3n2CCCS(C)(=O)=O)c2cncnc21. The molecule has 0 saturated heterocycles. The first-order chi connectivity index (χ1) is 14.6. The zero-order valence-corrected chi connectivity index (χ0v) is 18.9. The van der Waals surface area contributed by atoms with E-state index in [0.29, 0.717) is 30.0 Å². The number of para-hydroxylation sites is 2. The summed E-state index contributed by atoms with van der Waals surface area (Å²) in [6.07, 6.45) is 4.78. The first-order valence-electron chi connectivity index (χ1n) is 10.1. The van der Waals surface area contributed by atoms with E-state index in [0.717, 1.165) is 11.0 Å². The van der Waals surface area contributed by atoms with E-state index in [-0.39, 0.29) is 18.0 Å². The molecule has 9 nitrogen and oxygen atoms in total. The van der Waals surface area contributed by atoms with Gasteiger partial charge in [-0.2, -0.15) is 0 Å². The van der Waals surface area contributed by atoms with Crippen LogP contribution >= 0.6 is 0 Å². The van der Waals surface area contributed by atoms with Gasteiger partial charge in [0.1, 0.15) is 27.5 Å². The highest BCUT2D eigenvalue weighted by atomic mass is 32.2. The minimum absolute atomic E-state index is 0.0933. The molecule has 0 atom stereocenters.